The maximum Gasteiger partial charge on any atom is 0.251 e. The molecule has 0 aliphatic carbocycles. The Labute approximate surface area is 118 Å². The van der Waals surface area contributed by atoms with Gasteiger partial charge >= 0.3 is 0 Å². The first kappa shape index (κ1) is 14.0. The lowest BCUT2D eigenvalue weighted by Crippen LogP contribution is -2.22. The Morgan fingerprint density at radius 1 is 1.10 bits per heavy atom. The zero-order valence-electron chi connectivity index (χ0n) is 11.4. The molecule has 1 atom stereocenters. The highest BCUT2D eigenvalue weighted by Crippen LogP contribution is 2.13. The molecule has 2 rings (SSSR count). The van der Waals surface area contributed by atoms with Gasteiger partial charge in [0, 0.05) is 18.0 Å². The summed E-state index contributed by atoms with van der Waals surface area (Å²) in [5.74, 6) is -0.254. The minimum Gasteiger partial charge on any atom is -0.348 e. The summed E-state index contributed by atoms with van der Waals surface area (Å²) in [5.41, 5.74) is 2.58. The number of hydrogen-bond donors (Lipinski definition) is 1. The average Bonchev–Trinajstić information content (AvgIpc) is 2.53. The number of rotatable bonds is 5. The van der Waals surface area contributed by atoms with Gasteiger partial charge in [-0.05, 0) is 23.3 Å². The zero-order valence-corrected chi connectivity index (χ0v) is 11.4. The molecule has 20 heavy (non-hydrogen) atoms. The fraction of sp³-hybridized carbons (Fsp3) is 0.176. The normalized spacial score (nSPS) is 11.7. The van der Waals surface area contributed by atoms with Crippen LogP contribution in [0, 0.1) is 0 Å². The largest absolute Gasteiger partial charge is 0.348 e. The van der Waals surface area contributed by atoms with Crippen LogP contribution in [0.15, 0.2) is 54.6 Å². The van der Waals surface area contributed by atoms with E-state index in [2.05, 4.69) is 5.32 Å². The van der Waals surface area contributed by atoms with Gasteiger partial charge in [-0.3, -0.25) is 4.79 Å². The van der Waals surface area contributed by atoms with Gasteiger partial charge in [-0.25, -0.2) is 0 Å². The zero-order chi connectivity index (χ0) is 14.4. The minimum atomic E-state index is -0.142. The molecule has 1 N–H and O–H groups in total. The van der Waals surface area contributed by atoms with E-state index in [0.717, 1.165) is 17.4 Å². The molecule has 0 radical (unpaired) electrons. The fourth-order valence-corrected chi connectivity index (χ4v) is 1.90. The predicted octanol–water partition coefficient (Wildman–Crippen LogP) is 2.92. The first-order valence-corrected chi connectivity index (χ1v) is 6.58. The molecule has 0 heterocycles. The van der Waals surface area contributed by atoms with Crippen LogP contribution < -0.4 is 5.32 Å². The summed E-state index contributed by atoms with van der Waals surface area (Å²) in [5, 5.41) is 2.87. The van der Waals surface area contributed by atoms with Crippen molar-refractivity contribution >= 4 is 12.2 Å². The molecule has 0 aliphatic heterocycles. The van der Waals surface area contributed by atoms with Gasteiger partial charge in [0.25, 0.3) is 5.91 Å². The fourth-order valence-electron chi connectivity index (χ4n) is 1.90. The third kappa shape index (κ3) is 3.54. The van der Waals surface area contributed by atoms with Crippen molar-refractivity contribution in [2.75, 3.05) is 0 Å². The molecule has 1 unspecified atom stereocenters. The Morgan fingerprint density at radius 2 is 1.75 bits per heavy atom. The molecule has 0 saturated heterocycles. The number of benzene rings is 2. The third-order valence-electron chi connectivity index (χ3n) is 3.20. The van der Waals surface area contributed by atoms with Crippen molar-refractivity contribution in [3.8, 4) is 0 Å². The van der Waals surface area contributed by atoms with E-state index >= 15 is 0 Å². The van der Waals surface area contributed by atoms with E-state index in [-0.39, 0.29) is 11.8 Å². The Morgan fingerprint density at radius 3 is 2.35 bits per heavy atom. The molecule has 3 heteroatoms. The molecule has 102 valence electrons. The molecule has 0 spiro atoms. The number of carbonyl (C=O) groups is 2. The molecule has 1 amide bonds. The molecule has 0 aliphatic rings. The number of hydrogen-bond acceptors (Lipinski definition) is 2. The monoisotopic (exact) mass is 267 g/mol. The highest BCUT2D eigenvalue weighted by atomic mass is 16.1. The van der Waals surface area contributed by atoms with E-state index < -0.39 is 0 Å². The minimum absolute atomic E-state index is 0.112. The molecule has 3 nitrogen and oxygen atoms in total. The van der Waals surface area contributed by atoms with Crippen LogP contribution in [0.2, 0.25) is 0 Å². The summed E-state index contributed by atoms with van der Waals surface area (Å²) < 4.78 is 0. The van der Waals surface area contributed by atoms with Crippen molar-refractivity contribution in [3.63, 3.8) is 0 Å². The van der Waals surface area contributed by atoms with Gasteiger partial charge in [0.05, 0.1) is 0 Å². The lowest BCUT2D eigenvalue weighted by atomic mass is 10.0. The van der Waals surface area contributed by atoms with Gasteiger partial charge in [-0.2, -0.15) is 0 Å². The van der Waals surface area contributed by atoms with Gasteiger partial charge in [0.15, 0.2) is 0 Å². The van der Waals surface area contributed by atoms with Crippen LogP contribution in [-0.2, 0) is 11.3 Å². The Bertz CT molecular complexity index is 576. The molecular weight excluding hydrogens is 250 g/mol. The van der Waals surface area contributed by atoms with E-state index in [1.165, 1.54) is 0 Å². The van der Waals surface area contributed by atoms with Gasteiger partial charge in [-0.15, -0.1) is 0 Å². The van der Waals surface area contributed by atoms with Crippen molar-refractivity contribution in [2.45, 2.75) is 19.4 Å². The maximum atomic E-state index is 12.0. The molecule has 2 aromatic carbocycles. The van der Waals surface area contributed by atoms with Crippen LogP contribution in [0.25, 0.3) is 0 Å². The van der Waals surface area contributed by atoms with Crippen LogP contribution in [0.5, 0.6) is 0 Å². The molecule has 0 saturated carbocycles. The third-order valence-corrected chi connectivity index (χ3v) is 3.20. The summed E-state index contributed by atoms with van der Waals surface area (Å²) in [6.45, 7) is 2.34. The van der Waals surface area contributed by atoms with Crippen molar-refractivity contribution in [3.05, 3.63) is 71.3 Å². The molecule has 0 aromatic heterocycles. The van der Waals surface area contributed by atoms with E-state index in [0.29, 0.717) is 12.1 Å². The summed E-state index contributed by atoms with van der Waals surface area (Å²) >= 11 is 0. The van der Waals surface area contributed by atoms with Crippen LogP contribution in [0.1, 0.15) is 34.3 Å². The van der Waals surface area contributed by atoms with Crippen LogP contribution in [0.3, 0.4) is 0 Å². The number of carbonyl (C=O) groups excluding carboxylic acids is 2. The lowest BCUT2D eigenvalue weighted by Gasteiger charge is -2.07. The smallest absolute Gasteiger partial charge is 0.251 e. The summed E-state index contributed by atoms with van der Waals surface area (Å²) in [7, 11) is 0. The van der Waals surface area contributed by atoms with Crippen LogP contribution in [0.4, 0.5) is 0 Å². The second kappa shape index (κ2) is 6.66. The molecule has 0 bridgehead atoms. The van der Waals surface area contributed by atoms with E-state index in [9.17, 15) is 9.59 Å². The standard InChI is InChI=1S/C17H17NO2/c1-13(12-19)15-7-9-16(10-8-15)17(20)18-11-14-5-3-2-4-6-14/h2-10,12-13H,11H2,1H3,(H,18,20). The Balaban J connectivity index is 1.97. The highest BCUT2D eigenvalue weighted by molar-refractivity contribution is 5.94. The quantitative estimate of drug-likeness (QED) is 0.847. The van der Waals surface area contributed by atoms with E-state index in [1.54, 1.807) is 12.1 Å². The second-order valence-corrected chi connectivity index (χ2v) is 4.72. The first-order chi connectivity index (χ1) is 9.70. The van der Waals surface area contributed by atoms with E-state index in [4.69, 9.17) is 0 Å². The van der Waals surface area contributed by atoms with Gasteiger partial charge < -0.3 is 10.1 Å². The lowest BCUT2D eigenvalue weighted by molar-refractivity contribution is -0.108. The van der Waals surface area contributed by atoms with Gasteiger partial charge in [0.2, 0.25) is 0 Å². The van der Waals surface area contributed by atoms with E-state index in [1.807, 2.05) is 49.4 Å². The maximum absolute atomic E-state index is 12.0. The average molecular weight is 267 g/mol. The molecular formula is C17H17NO2. The van der Waals surface area contributed by atoms with Crippen molar-refractivity contribution in [1.82, 2.24) is 5.32 Å². The Kier molecular flexibility index (Phi) is 4.66. The number of aldehydes is 1. The number of nitrogens with one attached hydrogen (secondary N) is 1. The SMILES string of the molecule is CC(C=O)c1ccc(C(=O)NCc2ccccc2)cc1. The highest BCUT2D eigenvalue weighted by Gasteiger charge is 2.07. The van der Waals surface area contributed by atoms with Gasteiger partial charge in [0.1, 0.15) is 6.29 Å². The van der Waals surface area contributed by atoms with Crippen molar-refractivity contribution in [2.24, 2.45) is 0 Å². The van der Waals surface area contributed by atoms with Crippen molar-refractivity contribution < 1.29 is 9.59 Å². The summed E-state index contributed by atoms with van der Waals surface area (Å²) in [6.07, 6.45) is 0.893. The topological polar surface area (TPSA) is 46.2 Å². The Hall–Kier alpha value is -2.42. The van der Waals surface area contributed by atoms with Gasteiger partial charge in [-0.1, -0.05) is 49.4 Å². The molecule has 0 fully saturated rings. The van der Waals surface area contributed by atoms with Crippen LogP contribution in [-0.4, -0.2) is 12.2 Å². The first-order valence-electron chi connectivity index (χ1n) is 6.58. The van der Waals surface area contributed by atoms with Crippen molar-refractivity contribution in [1.29, 1.82) is 0 Å². The summed E-state index contributed by atoms with van der Waals surface area (Å²) in [4.78, 5) is 22.7. The predicted molar refractivity (Wildman–Crippen MR) is 78.5 cm³/mol. The number of amides is 1. The molecule has 2 aromatic rings. The van der Waals surface area contributed by atoms with Crippen LogP contribution >= 0.6 is 0 Å². The second-order valence-electron chi connectivity index (χ2n) is 4.72. The summed E-state index contributed by atoms with van der Waals surface area (Å²) in [6, 6.07) is 16.9.